The minimum absolute atomic E-state index is 0.0474. The van der Waals surface area contributed by atoms with Crippen molar-refractivity contribution < 1.29 is 4.74 Å². The van der Waals surface area contributed by atoms with Crippen molar-refractivity contribution in [3.05, 3.63) is 45.8 Å². The second-order valence-electron chi connectivity index (χ2n) is 6.45. The van der Waals surface area contributed by atoms with Crippen LogP contribution in [-0.4, -0.2) is 39.0 Å². The van der Waals surface area contributed by atoms with Gasteiger partial charge in [-0.15, -0.1) is 0 Å². The average molecular weight is 327 g/mol. The first-order valence-corrected chi connectivity index (χ1v) is 8.46. The maximum atomic E-state index is 12.5. The summed E-state index contributed by atoms with van der Waals surface area (Å²) in [6.07, 6.45) is 7.51. The van der Waals surface area contributed by atoms with E-state index in [1.807, 2.05) is 6.92 Å². The van der Waals surface area contributed by atoms with Gasteiger partial charge in [0.15, 0.2) is 0 Å². The van der Waals surface area contributed by atoms with Gasteiger partial charge in [0.05, 0.1) is 30.6 Å². The van der Waals surface area contributed by atoms with Crippen LogP contribution in [-0.2, 0) is 17.6 Å². The molecule has 7 heteroatoms. The molecular weight excluding hydrogens is 306 g/mol. The molecule has 0 radical (unpaired) electrons. The highest BCUT2D eigenvalue weighted by atomic mass is 16.5. The van der Waals surface area contributed by atoms with Gasteiger partial charge < -0.3 is 10.1 Å². The zero-order valence-electron chi connectivity index (χ0n) is 13.7. The lowest BCUT2D eigenvalue weighted by atomic mass is 9.97. The maximum absolute atomic E-state index is 12.5. The van der Waals surface area contributed by atoms with E-state index in [4.69, 9.17) is 4.74 Å². The molecule has 0 saturated carbocycles. The third-order valence-corrected chi connectivity index (χ3v) is 4.80. The fourth-order valence-corrected chi connectivity index (χ4v) is 3.46. The van der Waals surface area contributed by atoms with Crippen molar-refractivity contribution in [3.8, 4) is 0 Å². The van der Waals surface area contributed by atoms with Crippen molar-refractivity contribution in [2.45, 2.75) is 44.7 Å². The molecule has 0 bridgehead atoms. The Kier molecular flexibility index (Phi) is 4.02. The van der Waals surface area contributed by atoms with E-state index in [0.717, 1.165) is 48.5 Å². The molecule has 2 aromatic rings. The molecule has 4 rings (SSSR count). The number of nitrogens with one attached hydrogen (secondary N) is 1. The molecule has 2 atom stereocenters. The van der Waals surface area contributed by atoms with E-state index < -0.39 is 0 Å². The molecule has 1 fully saturated rings. The van der Waals surface area contributed by atoms with E-state index >= 15 is 0 Å². The van der Waals surface area contributed by atoms with Crippen molar-refractivity contribution in [3.63, 3.8) is 0 Å². The minimum Gasteiger partial charge on any atom is -0.377 e. The molecule has 0 amide bonds. The standard InChI is InChI=1S/C17H21N5O2/c1-11-17(19-7-6-18-11)20-14-9-24-10-15(14)22-16(23)8-12-4-2-3-5-13(12)21-22/h6-8,14-15H,2-5,9-10H2,1H3,(H,19,20). The summed E-state index contributed by atoms with van der Waals surface area (Å²) in [7, 11) is 0. The molecule has 2 aromatic heterocycles. The number of hydrogen-bond donors (Lipinski definition) is 1. The summed E-state index contributed by atoms with van der Waals surface area (Å²) < 4.78 is 7.22. The van der Waals surface area contributed by atoms with Gasteiger partial charge in [-0.25, -0.2) is 9.67 Å². The molecule has 1 N–H and O–H groups in total. The number of hydrogen-bond acceptors (Lipinski definition) is 6. The molecular formula is C17H21N5O2. The van der Waals surface area contributed by atoms with Crippen molar-refractivity contribution in [1.29, 1.82) is 0 Å². The van der Waals surface area contributed by atoms with E-state index in [-0.39, 0.29) is 17.6 Å². The predicted octanol–water partition coefficient (Wildman–Crippen LogP) is 1.27. The van der Waals surface area contributed by atoms with Crippen LogP contribution in [0.3, 0.4) is 0 Å². The molecule has 126 valence electrons. The van der Waals surface area contributed by atoms with Crippen LogP contribution in [0.4, 0.5) is 5.82 Å². The van der Waals surface area contributed by atoms with Gasteiger partial charge in [-0.05, 0) is 38.2 Å². The van der Waals surface area contributed by atoms with Crippen LogP contribution in [0.2, 0.25) is 0 Å². The van der Waals surface area contributed by atoms with Crippen LogP contribution in [0.1, 0.15) is 35.8 Å². The zero-order chi connectivity index (χ0) is 16.5. The largest absolute Gasteiger partial charge is 0.377 e. The summed E-state index contributed by atoms with van der Waals surface area (Å²) in [5.41, 5.74) is 2.94. The number of anilines is 1. The highest BCUT2D eigenvalue weighted by Crippen LogP contribution is 2.23. The summed E-state index contributed by atoms with van der Waals surface area (Å²) in [6, 6.07) is 1.57. The topological polar surface area (TPSA) is 81.9 Å². The van der Waals surface area contributed by atoms with Crippen molar-refractivity contribution in [2.24, 2.45) is 0 Å². The first-order chi connectivity index (χ1) is 11.7. The molecule has 3 heterocycles. The van der Waals surface area contributed by atoms with Crippen molar-refractivity contribution in [2.75, 3.05) is 18.5 Å². The zero-order valence-corrected chi connectivity index (χ0v) is 13.7. The lowest BCUT2D eigenvalue weighted by Crippen LogP contribution is -2.38. The highest BCUT2D eigenvalue weighted by molar-refractivity contribution is 5.40. The lowest BCUT2D eigenvalue weighted by Gasteiger charge is -2.23. The smallest absolute Gasteiger partial charge is 0.267 e. The number of aryl methyl sites for hydroxylation is 3. The maximum Gasteiger partial charge on any atom is 0.267 e. The quantitative estimate of drug-likeness (QED) is 0.914. The van der Waals surface area contributed by atoms with E-state index in [0.29, 0.717) is 13.2 Å². The van der Waals surface area contributed by atoms with Crippen LogP contribution in [0.5, 0.6) is 0 Å². The molecule has 2 aliphatic rings. The van der Waals surface area contributed by atoms with Crippen LogP contribution >= 0.6 is 0 Å². The Labute approximate surface area is 140 Å². The molecule has 1 saturated heterocycles. The lowest BCUT2D eigenvalue weighted by molar-refractivity contribution is 0.182. The van der Waals surface area contributed by atoms with Crippen LogP contribution in [0, 0.1) is 6.92 Å². The fourth-order valence-electron chi connectivity index (χ4n) is 3.46. The number of ether oxygens (including phenoxy) is 1. The summed E-state index contributed by atoms with van der Waals surface area (Å²) in [6.45, 7) is 2.90. The Hall–Kier alpha value is -2.28. The van der Waals surface area contributed by atoms with Gasteiger partial charge in [0.25, 0.3) is 5.56 Å². The average Bonchev–Trinajstić information content (AvgIpc) is 3.04. The monoisotopic (exact) mass is 327 g/mol. The Morgan fingerprint density at radius 1 is 1.21 bits per heavy atom. The van der Waals surface area contributed by atoms with E-state index in [2.05, 4.69) is 20.4 Å². The van der Waals surface area contributed by atoms with Gasteiger partial charge in [0.1, 0.15) is 11.9 Å². The molecule has 0 spiro atoms. The number of fused-ring (bicyclic) bond motifs is 1. The first kappa shape index (κ1) is 15.3. The van der Waals surface area contributed by atoms with E-state index in [1.165, 1.54) is 0 Å². The Morgan fingerprint density at radius 3 is 2.92 bits per heavy atom. The predicted molar refractivity (Wildman–Crippen MR) is 89.2 cm³/mol. The van der Waals surface area contributed by atoms with Crippen LogP contribution < -0.4 is 10.9 Å². The Balaban J connectivity index is 1.63. The summed E-state index contributed by atoms with van der Waals surface area (Å²) in [5, 5.41) is 8.02. The van der Waals surface area contributed by atoms with Gasteiger partial charge in [-0.1, -0.05) is 0 Å². The summed E-state index contributed by atoms with van der Waals surface area (Å²) in [5.74, 6) is 0.726. The third kappa shape index (κ3) is 2.80. The SMILES string of the molecule is Cc1nccnc1NC1COCC1n1nc2c(cc1=O)CCCC2. The van der Waals surface area contributed by atoms with Crippen LogP contribution in [0.15, 0.2) is 23.3 Å². The number of nitrogens with zero attached hydrogens (tertiary/aromatic N) is 4. The minimum atomic E-state index is -0.133. The molecule has 2 unspecified atom stereocenters. The van der Waals surface area contributed by atoms with Gasteiger partial charge in [-0.2, -0.15) is 5.10 Å². The van der Waals surface area contributed by atoms with Gasteiger partial charge >= 0.3 is 0 Å². The summed E-state index contributed by atoms with van der Waals surface area (Å²) in [4.78, 5) is 21.1. The first-order valence-electron chi connectivity index (χ1n) is 8.46. The van der Waals surface area contributed by atoms with E-state index in [1.54, 1.807) is 23.1 Å². The molecule has 0 aromatic carbocycles. The fraction of sp³-hybridized carbons (Fsp3) is 0.529. The van der Waals surface area contributed by atoms with Crippen LogP contribution in [0.25, 0.3) is 0 Å². The summed E-state index contributed by atoms with van der Waals surface area (Å²) >= 11 is 0. The van der Waals surface area contributed by atoms with Gasteiger partial charge in [0.2, 0.25) is 0 Å². The number of rotatable bonds is 3. The highest BCUT2D eigenvalue weighted by Gasteiger charge is 2.32. The van der Waals surface area contributed by atoms with Gasteiger partial charge in [-0.3, -0.25) is 9.78 Å². The Morgan fingerprint density at radius 2 is 2.04 bits per heavy atom. The second kappa shape index (κ2) is 6.32. The number of aromatic nitrogens is 4. The Bertz CT molecular complexity index is 804. The molecule has 1 aliphatic carbocycles. The third-order valence-electron chi connectivity index (χ3n) is 4.80. The van der Waals surface area contributed by atoms with Gasteiger partial charge in [0, 0.05) is 18.5 Å². The van der Waals surface area contributed by atoms with Crippen molar-refractivity contribution in [1.82, 2.24) is 19.7 Å². The van der Waals surface area contributed by atoms with E-state index in [9.17, 15) is 4.79 Å². The molecule has 7 nitrogen and oxygen atoms in total. The molecule has 24 heavy (non-hydrogen) atoms. The molecule has 1 aliphatic heterocycles. The normalized spacial score (nSPS) is 23.0. The second-order valence-corrected chi connectivity index (χ2v) is 6.45. The van der Waals surface area contributed by atoms with Crippen molar-refractivity contribution >= 4 is 5.82 Å².